The SMILES string of the molecule is Cc1cc(N2CCCC2)c2cc(N3CCCC3)c([N+](=O)[O-])cc2n1. The molecule has 0 aliphatic carbocycles. The van der Waals surface area contributed by atoms with Gasteiger partial charge >= 0.3 is 0 Å². The summed E-state index contributed by atoms with van der Waals surface area (Å²) < 4.78 is 0. The standard InChI is InChI=1S/C18H22N4O2/c1-13-10-16(20-6-2-3-7-20)14-11-17(21-8-4-5-9-21)18(22(23)24)12-15(14)19-13/h10-12H,2-9H2,1H3. The van der Waals surface area contributed by atoms with E-state index in [1.54, 1.807) is 6.07 Å². The number of aryl methyl sites for hydroxylation is 1. The number of hydrogen-bond acceptors (Lipinski definition) is 5. The zero-order chi connectivity index (χ0) is 16.7. The van der Waals surface area contributed by atoms with Gasteiger partial charge in [-0.1, -0.05) is 0 Å². The average molecular weight is 326 g/mol. The van der Waals surface area contributed by atoms with E-state index < -0.39 is 0 Å². The first-order valence-corrected chi connectivity index (χ1v) is 8.73. The molecule has 126 valence electrons. The first-order chi connectivity index (χ1) is 11.6. The third kappa shape index (κ3) is 2.56. The van der Waals surface area contributed by atoms with Gasteiger partial charge in [0, 0.05) is 49.0 Å². The Hall–Kier alpha value is -2.37. The number of fused-ring (bicyclic) bond motifs is 1. The Morgan fingerprint density at radius 3 is 2.12 bits per heavy atom. The lowest BCUT2D eigenvalue weighted by molar-refractivity contribution is -0.384. The molecule has 1 aromatic heterocycles. The summed E-state index contributed by atoms with van der Waals surface area (Å²) in [7, 11) is 0. The van der Waals surface area contributed by atoms with Crippen molar-refractivity contribution in [1.29, 1.82) is 0 Å². The number of benzene rings is 1. The summed E-state index contributed by atoms with van der Waals surface area (Å²) in [5.74, 6) is 0. The van der Waals surface area contributed by atoms with Gasteiger partial charge in [-0.3, -0.25) is 15.1 Å². The lowest BCUT2D eigenvalue weighted by Crippen LogP contribution is -2.20. The van der Waals surface area contributed by atoms with E-state index in [0.29, 0.717) is 0 Å². The van der Waals surface area contributed by atoms with Crippen LogP contribution in [0.3, 0.4) is 0 Å². The minimum Gasteiger partial charge on any atom is -0.371 e. The van der Waals surface area contributed by atoms with Gasteiger partial charge in [0.25, 0.3) is 5.69 Å². The minimum absolute atomic E-state index is 0.176. The average Bonchev–Trinajstić information content (AvgIpc) is 3.26. The van der Waals surface area contributed by atoms with E-state index in [1.165, 1.54) is 18.5 Å². The van der Waals surface area contributed by atoms with Crippen molar-refractivity contribution in [2.45, 2.75) is 32.6 Å². The van der Waals surface area contributed by atoms with Crippen molar-refractivity contribution in [3.8, 4) is 0 Å². The van der Waals surface area contributed by atoms with E-state index in [-0.39, 0.29) is 10.6 Å². The highest BCUT2D eigenvalue weighted by molar-refractivity contribution is 5.97. The Labute approximate surface area is 141 Å². The molecular formula is C18H22N4O2. The fraction of sp³-hybridized carbons (Fsp3) is 0.500. The van der Waals surface area contributed by atoms with E-state index in [4.69, 9.17) is 0 Å². The summed E-state index contributed by atoms with van der Waals surface area (Å²) in [5.41, 5.74) is 3.73. The molecule has 2 fully saturated rings. The summed E-state index contributed by atoms with van der Waals surface area (Å²) in [6.07, 6.45) is 4.60. The maximum absolute atomic E-state index is 11.6. The molecule has 0 N–H and O–H groups in total. The van der Waals surface area contributed by atoms with E-state index in [0.717, 1.165) is 61.3 Å². The normalized spacial score (nSPS) is 17.9. The van der Waals surface area contributed by atoms with Crippen molar-refractivity contribution in [3.05, 3.63) is 34.0 Å². The summed E-state index contributed by atoms with van der Waals surface area (Å²) in [6, 6.07) is 5.78. The Balaban J connectivity index is 1.93. The maximum Gasteiger partial charge on any atom is 0.294 e. The van der Waals surface area contributed by atoms with Crippen LogP contribution in [-0.4, -0.2) is 36.1 Å². The van der Waals surface area contributed by atoms with Gasteiger partial charge in [-0.15, -0.1) is 0 Å². The molecule has 0 spiro atoms. The van der Waals surface area contributed by atoms with Crippen LogP contribution in [-0.2, 0) is 0 Å². The van der Waals surface area contributed by atoms with Gasteiger partial charge in [-0.25, -0.2) is 0 Å². The number of aromatic nitrogens is 1. The van der Waals surface area contributed by atoms with Gasteiger partial charge in [0.15, 0.2) is 0 Å². The molecule has 6 heteroatoms. The summed E-state index contributed by atoms with van der Waals surface area (Å²) in [4.78, 5) is 20.4. The predicted molar refractivity (Wildman–Crippen MR) is 96.0 cm³/mol. The first kappa shape index (κ1) is 15.2. The highest BCUT2D eigenvalue weighted by Crippen LogP contribution is 2.38. The molecule has 0 atom stereocenters. The molecular weight excluding hydrogens is 304 g/mol. The Kier molecular flexibility index (Phi) is 3.75. The second-order valence-corrected chi connectivity index (χ2v) is 6.79. The molecule has 2 aliphatic heterocycles. The molecule has 1 aromatic carbocycles. The fourth-order valence-electron chi connectivity index (χ4n) is 3.94. The van der Waals surface area contributed by atoms with Gasteiger partial charge in [0.2, 0.25) is 0 Å². The molecule has 2 saturated heterocycles. The fourth-order valence-corrected chi connectivity index (χ4v) is 3.94. The molecule has 0 amide bonds. The second kappa shape index (κ2) is 5.92. The van der Waals surface area contributed by atoms with Gasteiger partial charge in [0.1, 0.15) is 5.69 Å². The Morgan fingerprint density at radius 2 is 1.54 bits per heavy atom. The number of nitrogens with zero attached hydrogens (tertiary/aromatic N) is 4. The van der Waals surface area contributed by atoms with Crippen LogP contribution in [0.5, 0.6) is 0 Å². The molecule has 0 unspecified atom stereocenters. The van der Waals surface area contributed by atoms with Crippen molar-refractivity contribution in [1.82, 2.24) is 4.98 Å². The highest BCUT2D eigenvalue weighted by atomic mass is 16.6. The lowest BCUT2D eigenvalue weighted by atomic mass is 10.1. The quantitative estimate of drug-likeness (QED) is 0.636. The van der Waals surface area contributed by atoms with Crippen LogP contribution in [0.4, 0.5) is 17.1 Å². The van der Waals surface area contributed by atoms with Crippen LogP contribution in [0, 0.1) is 17.0 Å². The smallest absolute Gasteiger partial charge is 0.294 e. The van der Waals surface area contributed by atoms with Crippen molar-refractivity contribution in [3.63, 3.8) is 0 Å². The third-order valence-corrected chi connectivity index (χ3v) is 5.10. The van der Waals surface area contributed by atoms with E-state index >= 15 is 0 Å². The molecule has 2 aliphatic rings. The molecule has 0 saturated carbocycles. The van der Waals surface area contributed by atoms with Gasteiger partial charge in [0.05, 0.1) is 10.4 Å². The van der Waals surface area contributed by atoms with Crippen LogP contribution in [0.15, 0.2) is 18.2 Å². The minimum atomic E-state index is -0.271. The molecule has 6 nitrogen and oxygen atoms in total. The largest absolute Gasteiger partial charge is 0.371 e. The van der Waals surface area contributed by atoms with Crippen LogP contribution in [0.2, 0.25) is 0 Å². The molecule has 2 aromatic rings. The van der Waals surface area contributed by atoms with Crippen molar-refractivity contribution in [2.75, 3.05) is 36.0 Å². The number of pyridine rings is 1. The Bertz CT molecular complexity index is 793. The lowest BCUT2D eigenvalue weighted by Gasteiger charge is -2.23. The number of hydrogen-bond donors (Lipinski definition) is 0. The highest BCUT2D eigenvalue weighted by Gasteiger charge is 2.25. The van der Waals surface area contributed by atoms with E-state index in [1.807, 2.05) is 13.0 Å². The van der Waals surface area contributed by atoms with E-state index in [2.05, 4.69) is 20.9 Å². The number of rotatable bonds is 3. The summed E-state index contributed by atoms with van der Waals surface area (Å²) in [5, 5.41) is 12.6. The molecule has 24 heavy (non-hydrogen) atoms. The second-order valence-electron chi connectivity index (χ2n) is 6.79. The predicted octanol–water partition coefficient (Wildman–Crippen LogP) is 3.65. The molecule has 0 radical (unpaired) electrons. The first-order valence-electron chi connectivity index (χ1n) is 8.73. The Morgan fingerprint density at radius 1 is 0.958 bits per heavy atom. The monoisotopic (exact) mass is 326 g/mol. The van der Waals surface area contributed by atoms with Gasteiger partial charge in [-0.2, -0.15) is 0 Å². The number of anilines is 2. The number of nitro benzene ring substituents is 1. The topological polar surface area (TPSA) is 62.5 Å². The van der Waals surface area contributed by atoms with Crippen molar-refractivity contribution in [2.24, 2.45) is 0 Å². The summed E-state index contributed by atoms with van der Waals surface area (Å²) >= 11 is 0. The van der Waals surface area contributed by atoms with Gasteiger partial charge in [-0.05, 0) is 44.7 Å². The maximum atomic E-state index is 11.6. The van der Waals surface area contributed by atoms with Crippen LogP contribution < -0.4 is 9.80 Å². The number of nitro groups is 1. The molecule has 3 heterocycles. The van der Waals surface area contributed by atoms with Crippen LogP contribution in [0.25, 0.3) is 10.9 Å². The zero-order valence-corrected chi connectivity index (χ0v) is 14.0. The van der Waals surface area contributed by atoms with E-state index in [9.17, 15) is 10.1 Å². The van der Waals surface area contributed by atoms with Gasteiger partial charge < -0.3 is 9.80 Å². The van der Waals surface area contributed by atoms with Crippen molar-refractivity contribution < 1.29 is 4.92 Å². The summed E-state index contributed by atoms with van der Waals surface area (Å²) in [6.45, 7) is 5.85. The van der Waals surface area contributed by atoms with Crippen LogP contribution in [0.1, 0.15) is 31.4 Å². The molecule has 4 rings (SSSR count). The van der Waals surface area contributed by atoms with Crippen molar-refractivity contribution >= 4 is 28.0 Å². The third-order valence-electron chi connectivity index (χ3n) is 5.10. The zero-order valence-electron chi connectivity index (χ0n) is 14.0. The van der Waals surface area contributed by atoms with Crippen LogP contribution >= 0.6 is 0 Å². The molecule has 0 bridgehead atoms.